The molecule has 2 aromatic rings. The number of benzene rings is 1. The van der Waals surface area contributed by atoms with Crippen LogP contribution in [0.1, 0.15) is 49.9 Å². The Morgan fingerprint density at radius 3 is 2.57 bits per heavy atom. The fraction of sp³-hybridized carbons (Fsp3) is 0.400. The van der Waals surface area contributed by atoms with E-state index < -0.39 is 11.9 Å². The zero-order chi connectivity index (χ0) is 17.0. The number of rotatable bonds is 5. The Morgan fingerprint density at radius 1 is 1.30 bits per heavy atom. The molecule has 0 aliphatic rings. The van der Waals surface area contributed by atoms with E-state index in [2.05, 4.69) is 37.9 Å². The lowest BCUT2D eigenvalue weighted by atomic mass is 9.77. The number of carboxylic acids is 1. The third-order valence-corrected chi connectivity index (χ3v) is 3.97. The van der Waals surface area contributed by atoms with E-state index in [1.807, 2.05) is 24.4 Å². The number of carboxylic acid groups (broad SMARTS) is 1. The molecule has 1 radical (unpaired) electrons. The molecule has 0 bridgehead atoms. The SMILES string of the molecule is CC(Cc1c[c]cc(Cc2cccnc2)c1C(C)(C)C)C(=O)O. The monoisotopic (exact) mass is 310 g/mol. The molecule has 23 heavy (non-hydrogen) atoms. The van der Waals surface area contributed by atoms with E-state index >= 15 is 0 Å². The molecule has 1 aromatic heterocycles. The number of hydrogen-bond acceptors (Lipinski definition) is 2. The van der Waals surface area contributed by atoms with Gasteiger partial charge in [0, 0.05) is 12.4 Å². The highest BCUT2D eigenvalue weighted by atomic mass is 16.4. The van der Waals surface area contributed by atoms with Crippen LogP contribution in [0.3, 0.4) is 0 Å². The maximum atomic E-state index is 11.2. The van der Waals surface area contributed by atoms with Gasteiger partial charge in [-0.25, -0.2) is 0 Å². The van der Waals surface area contributed by atoms with Crippen molar-refractivity contribution in [3.8, 4) is 0 Å². The first-order valence-corrected chi connectivity index (χ1v) is 7.93. The molecule has 121 valence electrons. The highest BCUT2D eigenvalue weighted by molar-refractivity contribution is 5.70. The van der Waals surface area contributed by atoms with E-state index in [9.17, 15) is 9.90 Å². The van der Waals surface area contributed by atoms with Gasteiger partial charge in [0.05, 0.1) is 5.92 Å². The van der Waals surface area contributed by atoms with Crippen LogP contribution in [0.15, 0.2) is 36.7 Å². The number of carbonyl (C=O) groups is 1. The number of aromatic nitrogens is 1. The third kappa shape index (κ3) is 4.41. The van der Waals surface area contributed by atoms with Gasteiger partial charge in [0.1, 0.15) is 0 Å². The predicted octanol–water partition coefficient (Wildman–Crippen LogP) is 4.03. The Balaban J connectivity index is 2.44. The average molecular weight is 310 g/mol. The molecule has 0 aliphatic heterocycles. The lowest BCUT2D eigenvalue weighted by Crippen LogP contribution is -2.21. The molecule has 1 aromatic carbocycles. The van der Waals surface area contributed by atoms with Gasteiger partial charge in [-0.15, -0.1) is 0 Å². The van der Waals surface area contributed by atoms with Crippen LogP contribution < -0.4 is 0 Å². The molecule has 1 atom stereocenters. The molecule has 3 nitrogen and oxygen atoms in total. The smallest absolute Gasteiger partial charge is 0.306 e. The van der Waals surface area contributed by atoms with Crippen molar-refractivity contribution < 1.29 is 9.90 Å². The van der Waals surface area contributed by atoms with Gasteiger partial charge < -0.3 is 5.11 Å². The molecule has 0 spiro atoms. The topological polar surface area (TPSA) is 50.2 Å². The van der Waals surface area contributed by atoms with Crippen LogP contribution in [0.2, 0.25) is 0 Å². The van der Waals surface area contributed by atoms with Crippen LogP contribution in [0.4, 0.5) is 0 Å². The Kier molecular flexibility index (Phi) is 5.19. The predicted molar refractivity (Wildman–Crippen MR) is 91.5 cm³/mol. The summed E-state index contributed by atoms with van der Waals surface area (Å²) in [5.41, 5.74) is 4.60. The Labute approximate surface area is 138 Å². The van der Waals surface area contributed by atoms with Crippen molar-refractivity contribution in [2.45, 2.75) is 46.0 Å². The molecular weight excluding hydrogens is 286 g/mol. The molecule has 0 saturated carbocycles. The van der Waals surface area contributed by atoms with Crippen molar-refractivity contribution in [1.82, 2.24) is 4.98 Å². The van der Waals surface area contributed by atoms with E-state index in [1.54, 1.807) is 13.1 Å². The van der Waals surface area contributed by atoms with Crippen LogP contribution in [0, 0.1) is 12.0 Å². The van der Waals surface area contributed by atoms with Gasteiger partial charge in [-0.1, -0.05) is 45.9 Å². The second-order valence-corrected chi connectivity index (χ2v) is 7.11. The molecule has 1 N–H and O–H groups in total. The first-order valence-electron chi connectivity index (χ1n) is 7.93. The summed E-state index contributed by atoms with van der Waals surface area (Å²) in [6.07, 6.45) is 4.95. The van der Waals surface area contributed by atoms with Crippen molar-refractivity contribution in [3.05, 3.63) is 65.0 Å². The zero-order valence-electron chi connectivity index (χ0n) is 14.3. The van der Waals surface area contributed by atoms with E-state index in [-0.39, 0.29) is 5.41 Å². The Morgan fingerprint density at radius 2 is 2.00 bits per heavy atom. The maximum Gasteiger partial charge on any atom is 0.306 e. The number of hydrogen-bond donors (Lipinski definition) is 1. The maximum absolute atomic E-state index is 11.2. The largest absolute Gasteiger partial charge is 0.481 e. The summed E-state index contributed by atoms with van der Waals surface area (Å²) in [6.45, 7) is 8.26. The summed E-state index contributed by atoms with van der Waals surface area (Å²) in [5.74, 6) is -1.17. The summed E-state index contributed by atoms with van der Waals surface area (Å²) >= 11 is 0. The lowest BCUT2D eigenvalue weighted by molar-refractivity contribution is -0.141. The second-order valence-electron chi connectivity index (χ2n) is 7.11. The summed E-state index contributed by atoms with van der Waals surface area (Å²) in [4.78, 5) is 15.4. The van der Waals surface area contributed by atoms with Gasteiger partial charge in [-0.2, -0.15) is 0 Å². The fourth-order valence-corrected chi connectivity index (χ4v) is 3.00. The van der Waals surface area contributed by atoms with Gasteiger partial charge in [-0.3, -0.25) is 9.78 Å². The molecule has 0 saturated heterocycles. The minimum atomic E-state index is -0.762. The van der Waals surface area contributed by atoms with Gasteiger partial charge in [-0.05, 0) is 52.6 Å². The molecule has 1 unspecified atom stereocenters. The normalized spacial score (nSPS) is 12.9. The van der Waals surface area contributed by atoms with Gasteiger partial charge in [0.25, 0.3) is 0 Å². The quantitative estimate of drug-likeness (QED) is 0.907. The van der Waals surface area contributed by atoms with Crippen LogP contribution in [-0.4, -0.2) is 16.1 Å². The van der Waals surface area contributed by atoms with Crippen molar-refractivity contribution >= 4 is 5.97 Å². The molecule has 0 aliphatic carbocycles. The highest BCUT2D eigenvalue weighted by Gasteiger charge is 2.24. The third-order valence-electron chi connectivity index (χ3n) is 3.97. The first kappa shape index (κ1) is 17.2. The Hall–Kier alpha value is -2.16. The Bertz CT molecular complexity index is 672. The summed E-state index contributed by atoms with van der Waals surface area (Å²) in [5, 5.41) is 9.22. The van der Waals surface area contributed by atoms with Crippen molar-refractivity contribution in [1.29, 1.82) is 0 Å². The standard InChI is InChI=1S/C20H24NO2/c1-14(19(22)23)11-16-8-5-9-17(18(16)20(2,3)4)12-15-7-6-10-21-13-15/h6-10,13-14H,11-12H2,1-4H3,(H,22,23). The van der Waals surface area contributed by atoms with E-state index in [0.29, 0.717) is 6.42 Å². The molecule has 0 amide bonds. The summed E-state index contributed by atoms with van der Waals surface area (Å²) < 4.78 is 0. The molecule has 0 fully saturated rings. The second kappa shape index (κ2) is 6.95. The average Bonchev–Trinajstić information content (AvgIpc) is 2.47. The minimum Gasteiger partial charge on any atom is -0.481 e. The van der Waals surface area contributed by atoms with Crippen LogP contribution in [-0.2, 0) is 23.1 Å². The minimum absolute atomic E-state index is 0.0554. The van der Waals surface area contributed by atoms with Crippen molar-refractivity contribution in [2.24, 2.45) is 5.92 Å². The molecule has 1 heterocycles. The number of pyridine rings is 1. The lowest BCUT2D eigenvalue weighted by Gasteiger charge is -2.27. The molecule has 2 rings (SSSR count). The number of aliphatic carboxylic acids is 1. The zero-order valence-corrected chi connectivity index (χ0v) is 14.3. The van der Waals surface area contributed by atoms with Gasteiger partial charge >= 0.3 is 5.97 Å². The van der Waals surface area contributed by atoms with E-state index in [4.69, 9.17) is 0 Å². The van der Waals surface area contributed by atoms with Crippen LogP contribution in [0.25, 0.3) is 0 Å². The van der Waals surface area contributed by atoms with Crippen molar-refractivity contribution in [3.63, 3.8) is 0 Å². The van der Waals surface area contributed by atoms with Gasteiger partial charge in [0.15, 0.2) is 0 Å². The first-order chi connectivity index (χ1) is 10.8. The fourth-order valence-electron chi connectivity index (χ4n) is 3.00. The molecular formula is C20H24NO2. The van der Waals surface area contributed by atoms with Crippen LogP contribution >= 0.6 is 0 Å². The molecule has 3 heteroatoms. The van der Waals surface area contributed by atoms with E-state index in [0.717, 1.165) is 17.5 Å². The summed E-state index contributed by atoms with van der Waals surface area (Å²) in [7, 11) is 0. The summed E-state index contributed by atoms with van der Waals surface area (Å²) in [6, 6.07) is 11.1. The number of nitrogens with zero attached hydrogens (tertiary/aromatic N) is 1. The highest BCUT2D eigenvalue weighted by Crippen LogP contribution is 2.32. The van der Waals surface area contributed by atoms with Crippen molar-refractivity contribution in [2.75, 3.05) is 0 Å². The van der Waals surface area contributed by atoms with Crippen LogP contribution in [0.5, 0.6) is 0 Å². The van der Waals surface area contributed by atoms with Gasteiger partial charge in [0.2, 0.25) is 0 Å². The van der Waals surface area contributed by atoms with E-state index in [1.165, 1.54) is 11.1 Å².